The number of carbonyl (C=O) groups is 1. The lowest BCUT2D eigenvalue weighted by atomic mass is 10.3. The van der Waals surface area contributed by atoms with Crippen molar-refractivity contribution >= 4 is 15.9 Å². The van der Waals surface area contributed by atoms with Crippen LogP contribution in [0, 0.1) is 0 Å². The standard InChI is InChI=1S/C12H25N3O3S/c1-14(2)9-4-8-13-12(16)7-10-15(11-5-6-11)19(3,17)18/h11H,4-10H2,1-3H3,(H,13,16). The van der Waals surface area contributed by atoms with Crippen LogP contribution >= 0.6 is 0 Å². The molecule has 0 spiro atoms. The van der Waals surface area contributed by atoms with Crippen LogP contribution in [0.15, 0.2) is 0 Å². The summed E-state index contributed by atoms with van der Waals surface area (Å²) in [5.41, 5.74) is 0. The lowest BCUT2D eigenvalue weighted by molar-refractivity contribution is -0.121. The first kappa shape index (κ1) is 16.4. The summed E-state index contributed by atoms with van der Waals surface area (Å²) in [6.45, 7) is 1.86. The van der Waals surface area contributed by atoms with Crippen LogP contribution in [0.25, 0.3) is 0 Å². The maximum Gasteiger partial charge on any atom is 0.221 e. The van der Waals surface area contributed by atoms with E-state index in [1.807, 2.05) is 14.1 Å². The van der Waals surface area contributed by atoms with Gasteiger partial charge in [0.1, 0.15) is 0 Å². The highest BCUT2D eigenvalue weighted by Gasteiger charge is 2.34. The van der Waals surface area contributed by atoms with Crippen molar-refractivity contribution in [2.45, 2.75) is 31.7 Å². The summed E-state index contributed by atoms with van der Waals surface area (Å²) in [5.74, 6) is -0.0759. The van der Waals surface area contributed by atoms with Crippen molar-refractivity contribution in [1.29, 1.82) is 0 Å². The third-order valence-corrected chi connectivity index (χ3v) is 4.38. The molecule has 19 heavy (non-hydrogen) atoms. The lowest BCUT2D eigenvalue weighted by Crippen LogP contribution is -2.36. The second-order valence-electron chi connectivity index (χ2n) is 5.36. The van der Waals surface area contributed by atoms with Gasteiger partial charge in [0.25, 0.3) is 0 Å². The minimum atomic E-state index is -3.19. The van der Waals surface area contributed by atoms with Crippen LogP contribution in [0.1, 0.15) is 25.7 Å². The van der Waals surface area contributed by atoms with Crippen molar-refractivity contribution in [3.05, 3.63) is 0 Å². The largest absolute Gasteiger partial charge is 0.356 e. The molecule has 6 nitrogen and oxygen atoms in total. The molecule has 0 aromatic rings. The average molecular weight is 291 g/mol. The highest BCUT2D eigenvalue weighted by atomic mass is 32.2. The van der Waals surface area contributed by atoms with Crippen molar-refractivity contribution in [2.75, 3.05) is 40.0 Å². The highest BCUT2D eigenvalue weighted by Crippen LogP contribution is 2.28. The molecular formula is C12H25N3O3S. The Morgan fingerprint density at radius 2 is 1.89 bits per heavy atom. The summed E-state index contributed by atoms with van der Waals surface area (Å²) in [5, 5.41) is 2.82. The Morgan fingerprint density at radius 3 is 2.37 bits per heavy atom. The Morgan fingerprint density at radius 1 is 1.26 bits per heavy atom. The van der Waals surface area contributed by atoms with Crippen molar-refractivity contribution in [2.24, 2.45) is 0 Å². The zero-order valence-electron chi connectivity index (χ0n) is 12.1. The van der Waals surface area contributed by atoms with E-state index in [4.69, 9.17) is 0 Å². The van der Waals surface area contributed by atoms with Gasteiger partial charge in [-0.05, 0) is 39.9 Å². The molecule has 0 aromatic heterocycles. The molecule has 0 saturated heterocycles. The Hall–Kier alpha value is -0.660. The van der Waals surface area contributed by atoms with Crippen LogP contribution in [-0.4, -0.2) is 69.6 Å². The number of nitrogens with one attached hydrogen (secondary N) is 1. The molecule has 0 aliphatic heterocycles. The van der Waals surface area contributed by atoms with Gasteiger partial charge in [-0.3, -0.25) is 4.79 Å². The van der Waals surface area contributed by atoms with Crippen LogP contribution < -0.4 is 5.32 Å². The molecule has 1 rings (SSSR count). The van der Waals surface area contributed by atoms with Gasteiger partial charge in [0.05, 0.1) is 6.26 Å². The zero-order chi connectivity index (χ0) is 14.5. The maximum absolute atomic E-state index is 11.6. The SMILES string of the molecule is CN(C)CCCNC(=O)CCN(C1CC1)S(C)(=O)=O. The van der Waals surface area contributed by atoms with E-state index in [0.29, 0.717) is 13.1 Å². The van der Waals surface area contributed by atoms with Crippen molar-refractivity contribution in [3.63, 3.8) is 0 Å². The highest BCUT2D eigenvalue weighted by molar-refractivity contribution is 7.88. The summed E-state index contributed by atoms with van der Waals surface area (Å²) in [6, 6.07) is 0.122. The maximum atomic E-state index is 11.6. The second-order valence-corrected chi connectivity index (χ2v) is 7.30. The number of rotatable bonds is 9. The molecule has 0 unspecified atom stereocenters. The summed E-state index contributed by atoms with van der Waals surface area (Å²) < 4.78 is 24.5. The molecule has 1 saturated carbocycles. The lowest BCUT2D eigenvalue weighted by Gasteiger charge is -2.19. The Kier molecular flexibility index (Phi) is 6.22. The third-order valence-electron chi connectivity index (χ3n) is 3.04. The first-order chi connectivity index (χ1) is 8.80. The first-order valence-corrected chi connectivity index (χ1v) is 8.54. The predicted octanol–water partition coefficient (Wildman–Crippen LogP) is -0.132. The number of hydrogen-bond acceptors (Lipinski definition) is 4. The molecule has 0 radical (unpaired) electrons. The van der Waals surface area contributed by atoms with E-state index in [2.05, 4.69) is 10.2 Å². The van der Waals surface area contributed by atoms with E-state index in [0.717, 1.165) is 25.8 Å². The number of sulfonamides is 1. The van der Waals surface area contributed by atoms with E-state index in [9.17, 15) is 13.2 Å². The van der Waals surface area contributed by atoms with E-state index in [1.165, 1.54) is 10.6 Å². The summed E-state index contributed by atoms with van der Waals surface area (Å²) in [4.78, 5) is 13.7. The minimum absolute atomic E-state index is 0.0759. The van der Waals surface area contributed by atoms with E-state index in [1.54, 1.807) is 0 Å². The third kappa shape index (κ3) is 6.89. The van der Waals surface area contributed by atoms with E-state index < -0.39 is 10.0 Å². The number of hydrogen-bond donors (Lipinski definition) is 1. The van der Waals surface area contributed by atoms with Gasteiger partial charge in [0.2, 0.25) is 15.9 Å². The van der Waals surface area contributed by atoms with Crippen LogP contribution in [0.4, 0.5) is 0 Å². The molecule has 0 heterocycles. The van der Waals surface area contributed by atoms with Crippen molar-refractivity contribution < 1.29 is 13.2 Å². The first-order valence-electron chi connectivity index (χ1n) is 6.69. The summed E-state index contributed by atoms with van der Waals surface area (Å²) >= 11 is 0. The molecule has 1 N–H and O–H groups in total. The molecule has 1 aliphatic carbocycles. The molecule has 0 bridgehead atoms. The minimum Gasteiger partial charge on any atom is -0.356 e. The Balaban J connectivity index is 2.21. The molecule has 1 amide bonds. The van der Waals surface area contributed by atoms with Crippen LogP contribution in [-0.2, 0) is 14.8 Å². The van der Waals surface area contributed by atoms with Crippen molar-refractivity contribution in [1.82, 2.24) is 14.5 Å². The number of nitrogens with zero attached hydrogens (tertiary/aromatic N) is 2. The van der Waals surface area contributed by atoms with Gasteiger partial charge in [-0.2, -0.15) is 4.31 Å². The zero-order valence-corrected chi connectivity index (χ0v) is 12.9. The van der Waals surface area contributed by atoms with Gasteiger partial charge in [-0.15, -0.1) is 0 Å². The fourth-order valence-electron chi connectivity index (χ4n) is 1.90. The molecular weight excluding hydrogens is 266 g/mol. The summed E-state index contributed by atoms with van der Waals surface area (Å²) in [7, 11) is 0.788. The molecule has 7 heteroatoms. The second kappa shape index (κ2) is 7.21. The Labute approximate surface area is 116 Å². The number of amides is 1. The van der Waals surface area contributed by atoms with E-state index >= 15 is 0 Å². The van der Waals surface area contributed by atoms with Gasteiger partial charge in [-0.1, -0.05) is 0 Å². The molecule has 112 valence electrons. The predicted molar refractivity (Wildman–Crippen MR) is 75.4 cm³/mol. The average Bonchev–Trinajstić information content (AvgIpc) is 3.06. The molecule has 1 aliphatic rings. The van der Waals surface area contributed by atoms with Crippen LogP contribution in [0.3, 0.4) is 0 Å². The van der Waals surface area contributed by atoms with Gasteiger partial charge in [-0.25, -0.2) is 8.42 Å². The molecule has 0 atom stereocenters. The molecule has 0 aromatic carbocycles. The summed E-state index contributed by atoms with van der Waals surface area (Å²) in [6.07, 6.45) is 4.18. The molecule has 1 fully saturated rings. The monoisotopic (exact) mass is 291 g/mol. The quantitative estimate of drug-likeness (QED) is 0.601. The van der Waals surface area contributed by atoms with Gasteiger partial charge >= 0.3 is 0 Å². The van der Waals surface area contributed by atoms with Crippen molar-refractivity contribution in [3.8, 4) is 0 Å². The topological polar surface area (TPSA) is 69.7 Å². The van der Waals surface area contributed by atoms with Crippen LogP contribution in [0.2, 0.25) is 0 Å². The Bertz CT molecular complexity index is 391. The fourth-order valence-corrected chi connectivity index (χ4v) is 3.08. The van der Waals surface area contributed by atoms with Gasteiger partial charge < -0.3 is 10.2 Å². The number of carbonyl (C=O) groups excluding carboxylic acids is 1. The van der Waals surface area contributed by atoms with E-state index in [-0.39, 0.29) is 18.4 Å². The van der Waals surface area contributed by atoms with Gasteiger partial charge in [0.15, 0.2) is 0 Å². The van der Waals surface area contributed by atoms with Crippen LogP contribution in [0.5, 0.6) is 0 Å². The fraction of sp³-hybridized carbons (Fsp3) is 0.917. The van der Waals surface area contributed by atoms with Gasteiger partial charge in [0, 0.05) is 25.6 Å². The normalized spacial score (nSPS) is 16.1. The smallest absolute Gasteiger partial charge is 0.221 e.